The Kier molecular flexibility index (Phi) is 9.64. The number of benzene rings is 8. The monoisotopic (exact) mass is 729 g/mol. The minimum Gasteiger partial charge on any atom is -0.310 e. The van der Waals surface area contributed by atoms with Gasteiger partial charge in [0.15, 0.2) is 0 Å². The Morgan fingerprint density at radius 3 is 1.61 bits per heavy atom. The number of fused-ring (bicyclic) bond motifs is 3. The van der Waals surface area contributed by atoms with Gasteiger partial charge in [0, 0.05) is 17.1 Å². The summed E-state index contributed by atoms with van der Waals surface area (Å²) in [4.78, 5) is 2.40. The average molecular weight is 730 g/mol. The van der Waals surface area contributed by atoms with Crippen molar-refractivity contribution in [2.45, 2.75) is 12.3 Å². The molecule has 8 aromatic carbocycles. The third-order valence-electron chi connectivity index (χ3n) is 11.3. The van der Waals surface area contributed by atoms with Gasteiger partial charge in [0.05, 0.1) is 5.41 Å². The number of rotatable bonds is 10. The number of nitrogens with zero attached hydrogens (tertiary/aromatic N) is 1. The lowest BCUT2D eigenvalue weighted by atomic mass is 9.67. The van der Waals surface area contributed by atoms with Crippen molar-refractivity contribution < 1.29 is 0 Å². The summed E-state index contributed by atoms with van der Waals surface area (Å²) in [7, 11) is 0. The van der Waals surface area contributed by atoms with Crippen molar-refractivity contribution in [2.75, 3.05) is 4.90 Å². The summed E-state index contributed by atoms with van der Waals surface area (Å²) in [6.45, 7) is 6.30. The fraction of sp³-hybridized carbons (Fsp3) is 0.0357. The highest BCUT2D eigenvalue weighted by molar-refractivity contribution is 5.91. The highest BCUT2D eigenvalue weighted by Gasteiger charge is 2.46. The van der Waals surface area contributed by atoms with Crippen LogP contribution < -0.4 is 4.90 Å². The van der Waals surface area contributed by atoms with E-state index in [9.17, 15) is 0 Å². The van der Waals surface area contributed by atoms with E-state index in [4.69, 9.17) is 0 Å². The van der Waals surface area contributed by atoms with Crippen LogP contribution in [-0.4, -0.2) is 0 Å². The van der Waals surface area contributed by atoms with Gasteiger partial charge in [0.25, 0.3) is 0 Å². The molecule has 0 saturated heterocycles. The van der Waals surface area contributed by atoms with Crippen LogP contribution in [0.5, 0.6) is 0 Å². The van der Waals surface area contributed by atoms with E-state index in [0.717, 1.165) is 33.8 Å². The van der Waals surface area contributed by atoms with Gasteiger partial charge in [-0.05, 0) is 116 Å². The lowest BCUT2D eigenvalue weighted by Gasteiger charge is -2.35. The Bertz CT molecular complexity index is 2680. The summed E-state index contributed by atoms with van der Waals surface area (Å²) in [5.74, 6) is 0. The smallest absolute Gasteiger partial charge is 0.0714 e. The van der Waals surface area contributed by atoms with Crippen LogP contribution in [0.4, 0.5) is 17.1 Å². The zero-order valence-corrected chi connectivity index (χ0v) is 32.1. The Morgan fingerprint density at radius 1 is 0.439 bits per heavy atom. The highest BCUT2D eigenvalue weighted by atomic mass is 15.1. The number of anilines is 3. The van der Waals surface area contributed by atoms with E-state index in [1.807, 2.05) is 6.08 Å². The topological polar surface area (TPSA) is 3.24 Å². The molecule has 57 heavy (non-hydrogen) atoms. The molecule has 0 saturated carbocycles. The molecule has 0 amide bonds. The molecule has 1 nitrogen and oxygen atoms in total. The van der Waals surface area contributed by atoms with Crippen LogP contribution in [0.3, 0.4) is 0 Å². The molecule has 0 aromatic heterocycles. The zero-order chi connectivity index (χ0) is 38.6. The minimum absolute atomic E-state index is 0.501. The highest BCUT2D eigenvalue weighted by Crippen LogP contribution is 2.57. The maximum absolute atomic E-state index is 4.22. The average Bonchev–Trinajstić information content (AvgIpc) is 3.59. The van der Waals surface area contributed by atoms with Gasteiger partial charge in [-0.1, -0.05) is 195 Å². The van der Waals surface area contributed by atoms with Gasteiger partial charge in [0.2, 0.25) is 0 Å². The first-order valence-corrected chi connectivity index (χ1v) is 19.7. The van der Waals surface area contributed by atoms with Crippen LogP contribution in [0.25, 0.3) is 33.4 Å². The van der Waals surface area contributed by atoms with Crippen molar-refractivity contribution in [3.05, 3.63) is 271 Å². The SMILES string of the molecule is C=C/C(=C\C(=C/C)c1ccccc1)c1ccc(N(c2cccc(-c3ccccc3)c2)c2ccc3c(c2)C(c2ccccc2)(c2ccccc2)c2ccccc2-3)cc1. The predicted molar refractivity (Wildman–Crippen MR) is 242 cm³/mol. The zero-order valence-electron chi connectivity index (χ0n) is 32.1. The fourth-order valence-electron chi connectivity index (χ4n) is 8.67. The molecule has 0 aliphatic heterocycles. The third-order valence-corrected chi connectivity index (χ3v) is 11.3. The molecular formula is C56H43N. The molecule has 8 aromatic rings. The Hall–Kier alpha value is -7.22. The Labute approximate surface area is 336 Å². The van der Waals surface area contributed by atoms with E-state index in [1.165, 1.54) is 50.1 Å². The van der Waals surface area contributed by atoms with Crippen molar-refractivity contribution in [2.24, 2.45) is 0 Å². The first-order chi connectivity index (χ1) is 28.2. The van der Waals surface area contributed by atoms with Crippen molar-refractivity contribution in [1.82, 2.24) is 0 Å². The summed E-state index contributed by atoms with van der Waals surface area (Å²) in [6, 6.07) is 77.0. The normalized spacial score (nSPS) is 13.1. The molecule has 0 spiro atoms. The van der Waals surface area contributed by atoms with Gasteiger partial charge in [0.1, 0.15) is 0 Å². The second kappa shape index (κ2) is 15.5. The van der Waals surface area contributed by atoms with E-state index >= 15 is 0 Å². The number of hydrogen-bond donors (Lipinski definition) is 0. The minimum atomic E-state index is -0.501. The maximum Gasteiger partial charge on any atom is 0.0714 e. The summed E-state index contributed by atoms with van der Waals surface area (Å²) >= 11 is 0. The fourth-order valence-corrected chi connectivity index (χ4v) is 8.67. The van der Waals surface area contributed by atoms with Gasteiger partial charge in [-0.15, -0.1) is 0 Å². The van der Waals surface area contributed by atoms with Crippen LogP contribution in [0, 0.1) is 0 Å². The quantitative estimate of drug-likeness (QED) is 0.127. The largest absolute Gasteiger partial charge is 0.310 e. The van der Waals surface area contributed by atoms with Gasteiger partial charge < -0.3 is 4.90 Å². The Balaban J connectivity index is 1.23. The molecule has 272 valence electrons. The van der Waals surface area contributed by atoms with Crippen molar-refractivity contribution in [3.8, 4) is 22.3 Å². The van der Waals surface area contributed by atoms with Crippen LogP contribution >= 0.6 is 0 Å². The van der Waals surface area contributed by atoms with Crippen LogP contribution in [0.15, 0.2) is 237 Å². The van der Waals surface area contributed by atoms with E-state index in [0.29, 0.717) is 0 Å². The number of allylic oxidation sites excluding steroid dienone is 5. The van der Waals surface area contributed by atoms with Crippen LogP contribution in [0.2, 0.25) is 0 Å². The molecule has 0 N–H and O–H groups in total. The first-order valence-electron chi connectivity index (χ1n) is 19.7. The second-order valence-electron chi connectivity index (χ2n) is 14.5. The maximum atomic E-state index is 4.22. The third kappa shape index (κ3) is 6.44. The molecule has 1 heteroatoms. The lowest BCUT2D eigenvalue weighted by molar-refractivity contribution is 0.768. The summed E-state index contributed by atoms with van der Waals surface area (Å²) < 4.78 is 0. The molecule has 0 radical (unpaired) electrons. The summed E-state index contributed by atoms with van der Waals surface area (Å²) in [5, 5.41) is 0. The summed E-state index contributed by atoms with van der Waals surface area (Å²) in [5.41, 5.74) is 17.2. The van der Waals surface area contributed by atoms with E-state index in [2.05, 4.69) is 243 Å². The van der Waals surface area contributed by atoms with E-state index in [-0.39, 0.29) is 0 Å². The molecule has 0 fully saturated rings. The van der Waals surface area contributed by atoms with Gasteiger partial charge in [-0.25, -0.2) is 0 Å². The molecule has 9 rings (SSSR count). The second-order valence-corrected chi connectivity index (χ2v) is 14.5. The van der Waals surface area contributed by atoms with Gasteiger partial charge in [-0.3, -0.25) is 0 Å². The summed E-state index contributed by atoms with van der Waals surface area (Å²) in [6.07, 6.45) is 6.34. The van der Waals surface area contributed by atoms with Crippen molar-refractivity contribution >= 4 is 28.2 Å². The molecule has 1 aliphatic carbocycles. The van der Waals surface area contributed by atoms with Gasteiger partial charge in [-0.2, -0.15) is 0 Å². The Morgan fingerprint density at radius 2 is 0.965 bits per heavy atom. The molecule has 0 atom stereocenters. The van der Waals surface area contributed by atoms with E-state index < -0.39 is 5.41 Å². The number of hydrogen-bond acceptors (Lipinski definition) is 1. The molecule has 0 bridgehead atoms. The first kappa shape index (κ1) is 35.5. The standard InChI is InChI=1S/C56H43N/c1-3-41(43-20-9-5-10-21-43)38-42(4-2)45-32-34-49(35-33-45)57(50-29-19-24-46(39-50)44-22-11-6-12-23-44)51-36-37-53-52-30-17-18-31-54(52)56(55(53)40-51,47-25-13-7-14-26-47)48-27-15-8-16-28-48/h3-40H,2H2,1H3/b41-3+,42-38+. The molecular weight excluding hydrogens is 687 g/mol. The molecule has 1 aliphatic rings. The predicted octanol–water partition coefficient (Wildman–Crippen LogP) is 14.9. The van der Waals surface area contributed by atoms with Crippen molar-refractivity contribution in [1.29, 1.82) is 0 Å². The van der Waals surface area contributed by atoms with Crippen molar-refractivity contribution in [3.63, 3.8) is 0 Å². The molecule has 0 unspecified atom stereocenters. The van der Waals surface area contributed by atoms with Gasteiger partial charge >= 0.3 is 0 Å². The van der Waals surface area contributed by atoms with E-state index in [1.54, 1.807) is 0 Å². The lowest BCUT2D eigenvalue weighted by Crippen LogP contribution is -2.28. The van der Waals surface area contributed by atoms with Crippen LogP contribution in [-0.2, 0) is 5.41 Å². The van der Waals surface area contributed by atoms with Crippen LogP contribution in [0.1, 0.15) is 40.3 Å². The molecule has 0 heterocycles.